The third kappa shape index (κ3) is 5.89. The first-order valence-electron chi connectivity index (χ1n) is 7.28. The number of carbonyl (C=O) groups is 1. The van der Waals surface area contributed by atoms with Gasteiger partial charge in [0.05, 0.1) is 24.4 Å². The van der Waals surface area contributed by atoms with E-state index >= 15 is 0 Å². The maximum absolute atomic E-state index is 10.4. The quantitative estimate of drug-likeness (QED) is 0.557. The van der Waals surface area contributed by atoms with Gasteiger partial charge in [0, 0.05) is 12.8 Å². The molecule has 3 N–H and O–H groups in total. The predicted molar refractivity (Wildman–Crippen MR) is 70.9 cm³/mol. The van der Waals surface area contributed by atoms with Crippen molar-refractivity contribution in [1.29, 1.82) is 0 Å². The molecule has 1 rings (SSSR count). The van der Waals surface area contributed by atoms with Gasteiger partial charge < -0.3 is 20.1 Å². The predicted octanol–water partition coefficient (Wildman–Crippen LogP) is 1.70. The third-order valence-corrected chi connectivity index (χ3v) is 3.66. The van der Waals surface area contributed by atoms with E-state index in [-0.39, 0.29) is 18.6 Å². The van der Waals surface area contributed by atoms with Crippen LogP contribution >= 0.6 is 0 Å². The molecule has 1 fully saturated rings. The number of aliphatic carboxylic acids is 1. The molecule has 112 valence electrons. The fourth-order valence-electron chi connectivity index (χ4n) is 2.51. The summed E-state index contributed by atoms with van der Waals surface area (Å²) < 4.78 is 5.66. The minimum atomic E-state index is -0.830. The lowest BCUT2D eigenvalue weighted by molar-refractivity contribution is -0.137. The highest BCUT2D eigenvalue weighted by atomic mass is 16.5. The van der Waals surface area contributed by atoms with Gasteiger partial charge in [0.15, 0.2) is 0 Å². The highest BCUT2D eigenvalue weighted by molar-refractivity contribution is 5.66. The number of rotatable bonds is 9. The van der Waals surface area contributed by atoms with Crippen molar-refractivity contribution >= 4 is 5.97 Å². The monoisotopic (exact) mass is 274 g/mol. The van der Waals surface area contributed by atoms with Crippen LogP contribution in [-0.2, 0) is 9.53 Å². The van der Waals surface area contributed by atoms with E-state index in [2.05, 4.69) is 6.92 Å². The van der Waals surface area contributed by atoms with E-state index in [1.165, 1.54) is 0 Å². The molecule has 0 aromatic heterocycles. The molecule has 0 amide bonds. The number of aliphatic hydroxyl groups excluding tert-OH is 2. The maximum Gasteiger partial charge on any atom is 0.303 e. The number of carboxylic acid groups (broad SMARTS) is 1. The van der Waals surface area contributed by atoms with E-state index in [1.807, 2.05) is 0 Å². The van der Waals surface area contributed by atoms with Crippen LogP contribution in [-0.4, -0.2) is 45.7 Å². The van der Waals surface area contributed by atoms with Crippen molar-refractivity contribution in [1.82, 2.24) is 0 Å². The van der Waals surface area contributed by atoms with Gasteiger partial charge in [0.25, 0.3) is 0 Å². The van der Waals surface area contributed by atoms with Crippen molar-refractivity contribution < 1.29 is 24.9 Å². The van der Waals surface area contributed by atoms with Crippen LogP contribution in [0.3, 0.4) is 0 Å². The lowest BCUT2D eigenvalue weighted by Gasteiger charge is -2.18. The number of hydrogen-bond acceptors (Lipinski definition) is 4. The van der Waals surface area contributed by atoms with Gasteiger partial charge in [-0.05, 0) is 19.3 Å². The van der Waals surface area contributed by atoms with Gasteiger partial charge in [-0.1, -0.05) is 26.2 Å². The van der Waals surface area contributed by atoms with E-state index in [9.17, 15) is 15.0 Å². The summed E-state index contributed by atoms with van der Waals surface area (Å²) in [6.07, 6.45) is 3.71. The van der Waals surface area contributed by atoms with Crippen LogP contribution < -0.4 is 0 Å². The second kappa shape index (κ2) is 8.51. The van der Waals surface area contributed by atoms with E-state index in [0.717, 1.165) is 19.3 Å². The fraction of sp³-hybridized carbons (Fsp3) is 0.929. The molecule has 0 aliphatic carbocycles. The van der Waals surface area contributed by atoms with Gasteiger partial charge in [-0.25, -0.2) is 0 Å². The molecule has 1 aliphatic heterocycles. The molecule has 0 aromatic carbocycles. The Morgan fingerprint density at radius 1 is 1.37 bits per heavy atom. The Morgan fingerprint density at radius 3 is 2.74 bits per heavy atom. The second-order valence-electron chi connectivity index (χ2n) is 5.37. The summed E-state index contributed by atoms with van der Waals surface area (Å²) in [4.78, 5) is 10.4. The van der Waals surface area contributed by atoms with Crippen LogP contribution in [0.15, 0.2) is 0 Å². The molecular formula is C14H26O5. The van der Waals surface area contributed by atoms with Crippen molar-refractivity contribution in [2.75, 3.05) is 0 Å². The molecule has 19 heavy (non-hydrogen) atoms. The molecule has 1 heterocycles. The first-order chi connectivity index (χ1) is 9.04. The topological polar surface area (TPSA) is 87.0 Å². The van der Waals surface area contributed by atoms with Crippen molar-refractivity contribution in [3.8, 4) is 0 Å². The van der Waals surface area contributed by atoms with Crippen molar-refractivity contribution in [3.63, 3.8) is 0 Å². The normalized spacial score (nSPS) is 28.5. The van der Waals surface area contributed by atoms with E-state index in [0.29, 0.717) is 25.7 Å². The minimum Gasteiger partial charge on any atom is -0.481 e. The van der Waals surface area contributed by atoms with Crippen LogP contribution in [0.5, 0.6) is 0 Å². The van der Waals surface area contributed by atoms with E-state index in [1.54, 1.807) is 0 Å². The largest absolute Gasteiger partial charge is 0.481 e. The van der Waals surface area contributed by atoms with Gasteiger partial charge in [0.1, 0.15) is 0 Å². The van der Waals surface area contributed by atoms with Crippen LogP contribution in [0.4, 0.5) is 0 Å². The van der Waals surface area contributed by atoms with Gasteiger partial charge in [-0.3, -0.25) is 4.79 Å². The van der Waals surface area contributed by atoms with Gasteiger partial charge >= 0.3 is 5.97 Å². The van der Waals surface area contributed by atoms with Crippen LogP contribution in [0.25, 0.3) is 0 Å². The summed E-state index contributed by atoms with van der Waals surface area (Å²) in [5, 5.41) is 28.4. The molecule has 0 radical (unpaired) electrons. The Balaban J connectivity index is 2.26. The van der Waals surface area contributed by atoms with E-state index in [4.69, 9.17) is 9.84 Å². The Bertz CT molecular complexity index is 269. The van der Waals surface area contributed by atoms with Gasteiger partial charge in [-0.15, -0.1) is 0 Å². The summed E-state index contributed by atoms with van der Waals surface area (Å²) in [7, 11) is 0. The summed E-state index contributed by atoms with van der Waals surface area (Å²) in [6, 6.07) is 0. The highest BCUT2D eigenvalue weighted by Gasteiger charge is 2.36. The first-order valence-corrected chi connectivity index (χ1v) is 7.28. The molecule has 1 saturated heterocycles. The molecule has 0 bridgehead atoms. The average molecular weight is 274 g/mol. The Morgan fingerprint density at radius 2 is 2.11 bits per heavy atom. The Labute approximate surface area is 114 Å². The number of carboxylic acids is 1. The first kappa shape index (κ1) is 16.4. The molecule has 4 atom stereocenters. The number of unbranched alkanes of at least 4 members (excludes halogenated alkanes) is 2. The zero-order valence-corrected chi connectivity index (χ0v) is 11.6. The molecule has 0 aromatic rings. The number of ether oxygens (including phenoxy) is 1. The Hall–Kier alpha value is -0.650. The summed E-state index contributed by atoms with van der Waals surface area (Å²) in [5.41, 5.74) is 0. The van der Waals surface area contributed by atoms with Gasteiger partial charge in [-0.2, -0.15) is 0 Å². The maximum atomic E-state index is 10.4. The molecule has 1 aliphatic rings. The molecule has 0 unspecified atom stereocenters. The molecule has 5 heteroatoms. The molecule has 0 spiro atoms. The fourth-order valence-corrected chi connectivity index (χ4v) is 2.51. The van der Waals surface area contributed by atoms with Crippen LogP contribution in [0, 0.1) is 0 Å². The average Bonchev–Trinajstić information content (AvgIpc) is 2.71. The minimum absolute atomic E-state index is 0.0936. The third-order valence-electron chi connectivity index (χ3n) is 3.66. The van der Waals surface area contributed by atoms with Crippen LogP contribution in [0.2, 0.25) is 0 Å². The lowest BCUT2D eigenvalue weighted by atomic mass is 10.0. The SMILES string of the molecule is CCCCC[C@H](O)[C@@H]1C[C@@H](O)[C@@H](CCCC(=O)O)O1. The summed E-state index contributed by atoms with van der Waals surface area (Å²) in [6.45, 7) is 2.11. The van der Waals surface area contributed by atoms with Crippen molar-refractivity contribution in [2.45, 2.75) is 82.7 Å². The number of hydrogen-bond donors (Lipinski definition) is 3. The Kier molecular flexibility index (Phi) is 7.34. The zero-order chi connectivity index (χ0) is 14.3. The van der Waals surface area contributed by atoms with Gasteiger partial charge in [0.2, 0.25) is 0 Å². The summed E-state index contributed by atoms with van der Waals surface area (Å²) >= 11 is 0. The lowest BCUT2D eigenvalue weighted by Crippen LogP contribution is -2.26. The highest BCUT2D eigenvalue weighted by Crippen LogP contribution is 2.28. The summed E-state index contributed by atoms with van der Waals surface area (Å²) in [5.74, 6) is -0.830. The second-order valence-corrected chi connectivity index (χ2v) is 5.37. The standard InChI is InChI=1S/C14H26O5/c1-2-3-4-6-10(15)13-9-11(16)12(19-13)7-5-8-14(17)18/h10-13,15-16H,2-9H2,1H3,(H,17,18)/t10-,11+,12+,13-/m0/s1. The van der Waals surface area contributed by atoms with Crippen molar-refractivity contribution in [3.05, 3.63) is 0 Å². The zero-order valence-electron chi connectivity index (χ0n) is 11.6. The van der Waals surface area contributed by atoms with Crippen LogP contribution in [0.1, 0.15) is 58.3 Å². The molecular weight excluding hydrogens is 248 g/mol. The molecule has 0 saturated carbocycles. The smallest absolute Gasteiger partial charge is 0.303 e. The van der Waals surface area contributed by atoms with E-state index < -0.39 is 18.2 Å². The number of aliphatic hydroxyl groups is 2. The van der Waals surface area contributed by atoms with Crippen molar-refractivity contribution in [2.24, 2.45) is 0 Å². The molecule has 5 nitrogen and oxygen atoms in total.